The molecule has 4 N–H and O–H groups in total. The molecule has 0 spiro atoms. The summed E-state index contributed by atoms with van der Waals surface area (Å²) in [4.78, 5) is 9.02. The summed E-state index contributed by atoms with van der Waals surface area (Å²) in [5, 5.41) is 18.7. The van der Waals surface area contributed by atoms with Crippen molar-refractivity contribution in [1.29, 1.82) is 0 Å². The molecule has 0 aromatic carbocycles. The molecule has 20 heavy (non-hydrogen) atoms. The minimum atomic E-state index is -0.835. The Morgan fingerprint density at radius 2 is 2.15 bits per heavy atom. The molecule has 0 amide bonds. The number of halogens is 1. The Morgan fingerprint density at radius 3 is 2.75 bits per heavy atom. The molecule has 2 rings (SSSR count). The SMILES string of the molecule is Cc1ncc(C[n+]2csc([C@H](O)CO)c2C)c(N)n1.[Br-]. The monoisotopic (exact) mass is 360 g/mol. The highest BCUT2D eigenvalue weighted by Gasteiger charge is 2.22. The van der Waals surface area contributed by atoms with Gasteiger partial charge in [0.15, 0.2) is 12.2 Å². The van der Waals surface area contributed by atoms with Crippen LogP contribution in [0.1, 0.15) is 28.1 Å². The van der Waals surface area contributed by atoms with E-state index in [0.717, 1.165) is 16.1 Å². The predicted octanol–water partition coefficient (Wildman–Crippen LogP) is -2.90. The molecule has 0 fully saturated rings. The molecule has 0 bridgehead atoms. The van der Waals surface area contributed by atoms with Crippen LogP contribution in [0.3, 0.4) is 0 Å². The van der Waals surface area contributed by atoms with Crippen LogP contribution in [-0.4, -0.2) is 26.8 Å². The quantitative estimate of drug-likeness (QED) is 0.508. The number of thiazole rings is 1. The van der Waals surface area contributed by atoms with Crippen LogP contribution in [0.2, 0.25) is 0 Å². The molecular weight excluding hydrogens is 344 g/mol. The van der Waals surface area contributed by atoms with E-state index in [1.54, 1.807) is 13.1 Å². The molecule has 0 aliphatic rings. The first kappa shape index (κ1) is 17.0. The Bertz CT molecular complexity index is 591. The summed E-state index contributed by atoms with van der Waals surface area (Å²) in [5.41, 5.74) is 9.50. The third kappa shape index (κ3) is 3.51. The van der Waals surface area contributed by atoms with Crippen LogP contribution < -0.4 is 27.3 Å². The van der Waals surface area contributed by atoms with Crippen molar-refractivity contribution >= 4 is 17.2 Å². The highest BCUT2D eigenvalue weighted by molar-refractivity contribution is 7.09. The van der Waals surface area contributed by atoms with E-state index in [4.69, 9.17) is 10.8 Å². The molecule has 0 unspecified atom stereocenters. The summed E-state index contributed by atoms with van der Waals surface area (Å²) >= 11 is 1.41. The molecule has 2 aromatic rings. The first-order valence-electron chi connectivity index (χ1n) is 5.87. The number of nitrogen functional groups attached to an aromatic ring is 1. The summed E-state index contributed by atoms with van der Waals surface area (Å²) < 4.78 is 1.96. The number of rotatable bonds is 4. The van der Waals surface area contributed by atoms with Crippen molar-refractivity contribution in [2.24, 2.45) is 0 Å². The zero-order chi connectivity index (χ0) is 14.0. The van der Waals surface area contributed by atoms with Crippen LogP contribution in [0, 0.1) is 13.8 Å². The van der Waals surface area contributed by atoms with Crippen molar-refractivity contribution in [2.75, 3.05) is 12.3 Å². The van der Waals surface area contributed by atoms with Gasteiger partial charge in [0, 0.05) is 13.1 Å². The lowest BCUT2D eigenvalue weighted by Crippen LogP contribution is -3.00. The van der Waals surface area contributed by atoms with Gasteiger partial charge in [-0.2, -0.15) is 4.57 Å². The van der Waals surface area contributed by atoms with Crippen LogP contribution in [-0.2, 0) is 6.54 Å². The maximum atomic E-state index is 9.68. The second-order valence-corrected chi connectivity index (χ2v) is 5.21. The first-order valence-corrected chi connectivity index (χ1v) is 6.75. The molecule has 0 aliphatic heterocycles. The third-order valence-corrected chi connectivity index (χ3v) is 4.11. The Balaban J connectivity index is 0.00000200. The standard InChI is InChI=1S/C12H17N4O2S.BrH/c1-7-11(10(18)5-17)19-6-16(7)4-9-3-14-8(2)15-12(9)13;/h3,6,10,17-18H,4-5H2,1-2H3,(H2,13,14,15);1H/q+1;/p-1/t10-;/m1./s1. The molecule has 110 valence electrons. The fourth-order valence-electron chi connectivity index (χ4n) is 1.80. The third-order valence-electron chi connectivity index (χ3n) is 2.93. The molecule has 2 heterocycles. The zero-order valence-electron chi connectivity index (χ0n) is 11.2. The highest BCUT2D eigenvalue weighted by atomic mass is 79.9. The van der Waals surface area contributed by atoms with E-state index in [1.807, 2.05) is 17.0 Å². The topological polar surface area (TPSA) is 96.1 Å². The van der Waals surface area contributed by atoms with E-state index in [0.29, 0.717) is 18.2 Å². The van der Waals surface area contributed by atoms with Crippen molar-refractivity contribution in [3.05, 3.63) is 33.7 Å². The summed E-state index contributed by atoms with van der Waals surface area (Å²) in [6, 6.07) is 0. The Kier molecular flexibility index (Phi) is 6.00. The van der Waals surface area contributed by atoms with Gasteiger partial charge < -0.3 is 32.9 Å². The van der Waals surface area contributed by atoms with E-state index in [1.165, 1.54) is 11.3 Å². The lowest BCUT2D eigenvalue weighted by atomic mass is 10.2. The Morgan fingerprint density at radius 1 is 1.45 bits per heavy atom. The largest absolute Gasteiger partial charge is 1.00 e. The fraction of sp³-hybridized carbons (Fsp3) is 0.417. The van der Waals surface area contributed by atoms with Crippen molar-refractivity contribution in [2.45, 2.75) is 26.5 Å². The smallest absolute Gasteiger partial charge is 0.225 e. The number of anilines is 1. The molecule has 0 radical (unpaired) electrons. The maximum absolute atomic E-state index is 9.68. The van der Waals surface area contributed by atoms with Gasteiger partial charge in [-0.1, -0.05) is 11.3 Å². The van der Waals surface area contributed by atoms with Gasteiger partial charge in [-0.15, -0.1) is 0 Å². The normalized spacial score (nSPS) is 12.0. The summed E-state index contributed by atoms with van der Waals surface area (Å²) in [7, 11) is 0. The van der Waals surface area contributed by atoms with Crippen molar-refractivity contribution in [3.8, 4) is 0 Å². The summed E-state index contributed by atoms with van der Waals surface area (Å²) in [6.45, 7) is 3.96. The lowest BCUT2D eigenvalue weighted by Gasteiger charge is -2.04. The van der Waals surface area contributed by atoms with Crippen molar-refractivity contribution in [3.63, 3.8) is 0 Å². The van der Waals surface area contributed by atoms with Crippen LogP contribution in [0.5, 0.6) is 0 Å². The van der Waals surface area contributed by atoms with Crippen molar-refractivity contribution in [1.82, 2.24) is 9.97 Å². The van der Waals surface area contributed by atoms with E-state index in [2.05, 4.69) is 9.97 Å². The Labute approximate surface area is 131 Å². The Hall–Kier alpha value is -1.09. The van der Waals surface area contributed by atoms with E-state index in [-0.39, 0.29) is 23.6 Å². The van der Waals surface area contributed by atoms with Crippen LogP contribution >= 0.6 is 11.3 Å². The zero-order valence-corrected chi connectivity index (χ0v) is 13.6. The van der Waals surface area contributed by atoms with Crippen LogP contribution in [0.15, 0.2) is 11.7 Å². The molecular formula is C12H17BrN4O2S. The minimum absolute atomic E-state index is 0. The average Bonchev–Trinajstić information content (AvgIpc) is 2.73. The van der Waals surface area contributed by atoms with Crippen LogP contribution in [0.25, 0.3) is 0 Å². The average molecular weight is 361 g/mol. The number of nitrogens with two attached hydrogens (primary N) is 1. The van der Waals surface area contributed by atoms with Gasteiger partial charge in [-0.3, -0.25) is 0 Å². The summed E-state index contributed by atoms with van der Waals surface area (Å²) in [5.74, 6) is 1.11. The number of hydrogen-bond donors (Lipinski definition) is 3. The van der Waals surface area contributed by atoms with Crippen molar-refractivity contribution < 1.29 is 31.8 Å². The predicted molar refractivity (Wildman–Crippen MR) is 71.6 cm³/mol. The molecule has 0 aliphatic carbocycles. The van der Waals surface area contributed by atoms with Gasteiger partial charge in [0.05, 0.1) is 12.2 Å². The second kappa shape index (κ2) is 7.07. The summed E-state index contributed by atoms with van der Waals surface area (Å²) in [6.07, 6.45) is 0.877. The first-order chi connectivity index (χ1) is 9.02. The van der Waals surface area contributed by atoms with Gasteiger partial charge in [0.2, 0.25) is 5.51 Å². The number of aliphatic hydroxyl groups is 2. The van der Waals surface area contributed by atoms with Gasteiger partial charge >= 0.3 is 0 Å². The molecule has 1 atom stereocenters. The lowest BCUT2D eigenvalue weighted by molar-refractivity contribution is -0.689. The van der Waals surface area contributed by atoms with Gasteiger partial charge in [-0.25, -0.2) is 9.97 Å². The van der Waals surface area contributed by atoms with E-state index < -0.39 is 6.10 Å². The van der Waals surface area contributed by atoms with Gasteiger partial charge in [0.25, 0.3) is 0 Å². The highest BCUT2D eigenvalue weighted by Crippen LogP contribution is 2.20. The van der Waals surface area contributed by atoms with E-state index in [9.17, 15) is 5.11 Å². The van der Waals surface area contributed by atoms with Gasteiger partial charge in [-0.05, 0) is 6.92 Å². The van der Waals surface area contributed by atoms with Gasteiger partial charge in [0.1, 0.15) is 22.6 Å². The number of nitrogens with zero attached hydrogens (tertiary/aromatic N) is 3. The fourth-order valence-corrected chi connectivity index (χ4v) is 2.80. The second-order valence-electron chi connectivity index (χ2n) is 4.33. The van der Waals surface area contributed by atoms with Crippen LogP contribution in [0.4, 0.5) is 5.82 Å². The molecule has 0 saturated heterocycles. The number of aliphatic hydroxyl groups excluding tert-OH is 2. The molecule has 8 heteroatoms. The van der Waals surface area contributed by atoms with E-state index >= 15 is 0 Å². The number of aryl methyl sites for hydroxylation is 1. The number of hydrogen-bond acceptors (Lipinski definition) is 6. The number of aromatic nitrogens is 3. The maximum Gasteiger partial charge on any atom is 0.225 e. The molecule has 0 saturated carbocycles. The molecule has 6 nitrogen and oxygen atoms in total. The molecule has 2 aromatic heterocycles. The minimum Gasteiger partial charge on any atom is -1.00 e.